The van der Waals surface area contributed by atoms with Gasteiger partial charge in [-0.05, 0) is 51.9 Å². The molecule has 156 valence electrons. The van der Waals surface area contributed by atoms with Crippen molar-refractivity contribution in [2.45, 2.75) is 30.6 Å². The topological polar surface area (TPSA) is 132 Å². The summed E-state index contributed by atoms with van der Waals surface area (Å²) in [5, 5.41) is 23.1. The minimum Gasteiger partial charge on any atom is -0.479 e. The van der Waals surface area contributed by atoms with Crippen molar-refractivity contribution in [1.82, 2.24) is 19.5 Å². The van der Waals surface area contributed by atoms with Crippen molar-refractivity contribution in [3.63, 3.8) is 0 Å². The number of aliphatic hydroxyl groups is 1. The van der Waals surface area contributed by atoms with Gasteiger partial charge in [0, 0.05) is 10.1 Å². The van der Waals surface area contributed by atoms with Gasteiger partial charge in [-0.2, -0.15) is 9.97 Å². The SMILES string of the molecule is O=C(O)[C@@]12CO[C@@H]([C@H](n3cnc4c(NCc5cccc(I)c5)nc(Cl)nc43)O1)[C@@H]2O. The lowest BCUT2D eigenvalue weighted by Gasteiger charge is -2.27. The van der Waals surface area contributed by atoms with Gasteiger partial charge < -0.3 is 25.0 Å². The van der Waals surface area contributed by atoms with Crippen LogP contribution in [0, 0.1) is 3.57 Å². The fourth-order valence-corrected chi connectivity index (χ4v) is 4.54. The minimum absolute atomic E-state index is 0.00744. The third kappa shape index (κ3) is 3.03. The van der Waals surface area contributed by atoms with Gasteiger partial charge in [0.15, 0.2) is 23.2 Å². The van der Waals surface area contributed by atoms with Crippen LogP contribution in [0.2, 0.25) is 5.28 Å². The zero-order valence-electron chi connectivity index (χ0n) is 15.2. The van der Waals surface area contributed by atoms with Gasteiger partial charge in [0.25, 0.3) is 0 Å². The first-order valence-electron chi connectivity index (χ1n) is 8.98. The number of aromatic nitrogens is 4. The Morgan fingerprint density at radius 1 is 1.43 bits per heavy atom. The van der Waals surface area contributed by atoms with Gasteiger partial charge in [-0.15, -0.1) is 0 Å². The highest BCUT2D eigenvalue weighted by atomic mass is 127. The van der Waals surface area contributed by atoms with Crippen LogP contribution in [-0.2, 0) is 20.8 Å². The Hall–Kier alpha value is -2.06. The number of aliphatic hydroxyl groups excluding tert-OH is 1. The number of aliphatic carboxylic acids is 1. The Morgan fingerprint density at radius 2 is 2.27 bits per heavy atom. The average Bonchev–Trinajstić information content (AvgIpc) is 3.36. The summed E-state index contributed by atoms with van der Waals surface area (Å²) in [5.41, 5.74) is 0.0266. The van der Waals surface area contributed by atoms with E-state index in [1.165, 1.54) is 10.9 Å². The highest BCUT2D eigenvalue weighted by molar-refractivity contribution is 14.1. The smallest absolute Gasteiger partial charge is 0.341 e. The van der Waals surface area contributed by atoms with Crippen molar-refractivity contribution in [2.24, 2.45) is 0 Å². The van der Waals surface area contributed by atoms with Gasteiger partial charge in [0.2, 0.25) is 10.9 Å². The molecule has 4 atom stereocenters. The van der Waals surface area contributed by atoms with E-state index in [-0.39, 0.29) is 11.9 Å². The van der Waals surface area contributed by atoms with Gasteiger partial charge in [-0.3, -0.25) is 4.57 Å². The van der Waals surface area contributed by atoms with E-state index in [0.717, 1.165) is 9.13 Å². The Kier molecular flexibility index (Phi) is 4.82. The lowest BCUT2D eigenvalue weighted by Crippen LogP contribution is -2.48. The molecular weight excluding hydrogens is 529 g/mol. The lowest BCUT2D eigenvalue weighted by atomic mass is 10.00. The number of nitrogens with zero attached hydrogens (tertiary/aromatic N) is 4. The summed E-state index contributed by atoms with van der Waals surface area (Å²) in [7, 11) is 0. The van der Waals surface area contributed by atoms with E-state index in [0.29, 0.717) is 23.5 Å². The second-order valence-corrected chi connectivity index (χ2v) is 8.66. The molecule has 0 radical (unpaired) electrons. The predicted octanol–water partition coefficient (Wildman–Crippen LogP) is 1.81. The van der Waals surface area contributed by atoms with Crippen molar-refractivity contribution < 1.29 is 24.5 Å². The highest BCUT2D eigenvalue weighted by Gasteiger charge is 2.66. The summed E-state index contributed by atoms with van der Waals surface area (Å²) in [5.74, 6) is -0.850. The molecule has 5 rings (SSSR count). The summed E-state index contributed by atoms with van der Waals surface area (Å²) < 4.78 is 13.8. The third-order valence-electron chi connectivity index (χ3n) is 5.27. The molecule has 3 aromatic rings. The number of ether oxygens (including phenoxy) is 2. The molecule has 2 bridgehead atoms. The fraction of sp³-hybridized carbons (Fsp3) is 0.333. The Balaban J connectivity index is 1.48. The van der Waals surface area contributed by atoms with Crippen molar-refractivity contribution in [1.29, 1.82) is 0 Å². The molecule has 2 aromatic heterocycles. The second kappa shape index (κ2) is 7.27. The Labute approximate surface area is 188 Å². The van der Waals surface area contributed by atoms with Gasteiger partial charge in [0.1, 0.15) is 12.2 Å². The molecule has 2 aliphatic heterocycles. The number of fused-ring (bicyclic) bond motifs is 3. The average molecular weight is 544 g/mol. The number of carboxylic acids is 1. The number of carbonyl (C=O) groups is 1. The fourth-order valence-electron chi connectivity index (χ4n) is 3.77. The second-order valence-electron chi connectivity index (χ2n) is 7.07. The molecule has 4 heterocycles. The summed E-state index contributed by atoms with van der Waals surface area (Å²) in [6, 6.07) is 7.99. The number of benzene rings is 1. The van der Waals surface area contributed by atoms with E-state index >= 15 is 0 Å². The molecule has 0 amide bonds. The molecule has 0 aliphatic carbocycles. The van der Waals surface area contributed by atoms with Gasteiger partial charge >= 0.3 is 5.97 Å². The van der Waals surface area contributed by atoms with Crippen LogP contribution in [0.3, 0.4) is 0 Å². The van der Waals surface area contributed by atoms with Gasteiger partial charge in [0.05, 0.1) is 12.9 Å². The summed E-state index contributed by atoms with van der Waals surface area (Å²) >= 11 is 8.37. The maximum atomic E-state index is 11.7. The third-order valence-corrected chi connectivity index (χ3v) is 6.11. The lowest BCUT2D eigenvalue weighted by molar-refractivity contribution is -0.198. The quantitative estimate of drug-likeness (QED) is 0.326. The number of hydrogen-bond donors (Lipinski definition) is 3. The van der Waals surface area contributed by atoms with Gasteiger partial charge in [-0.1, -0.05) is 12.1 Å². The Morgan fingerprint density at radius 3 is 3.00 bits per heavy atom. The van der Waals surface area contributed by atoms with Crippen molar-refractivity contribution in [3.05, 3.63) is 45.0 Å². The summed E-state index contributed by atoms with van der Waals surface area (Å²) in [6.45, 7) is 0.272. The zero-order chi connectivity index (χ0) is 21.0. The normalized spacial score (nSPS) is 27.6. The molecule has 0 saturated carbocycles. The van der Waals surface area contributed by atoms with Crippen molar-refractivity contribution >= 4 is 57.1 Å². The number of carboxylic acid groups (broad SMARTS) is 1. The molecule has 1 aromatic carbocycles. The van der Waals surface area contributed by atoms with Crippen LogP contribution in [0.4, 0.5) is 5.82 Å². The molecule has 12 heteroatoms. The maximum absolute atomic E-state index is 11.7. The van der Waals surface area contributed by atoms with Crippen LogP contribution in [0.15, 0.2) is 30.6 Å². The number of nitrogens with one attached hydrogen (secondary N) is 1. The standard InChI is InChI=1S/C18H15ClIN5O5/c19-17-23-13(21-5-8-2-1-3-9(20)4-8)10-14(24-17)25(7-22-10)15-11-12(26)18(30-15,6-29-11)16(27)28/h1-4,7,11-12,15,26H,5-6H2,(H,27,28)(H,21,23,24)/t11-,12+,15-,18+/m1/s1. The maximum Gasteiger partial charge on any atom is 0.341 e. The molecule has 0 unspecified atom stereocenters. The first-order chi connectivity index (χ1) is 14.4. The van der Waals surface area contributed by atoms with Crippen molar-refractivity contribution in [3.8, 4) is 0 Å². The summed E-state index contributed by atoms with van der Waals surface area (Å²) in [4.78, 5) is 24.5. The molecule has 10 nitrogen and oxygen atoms in total. The molecule has 30 heavy (non-hydrogen) atoms. The van der Waals surface area contributed by atoms with Crippen molar-refractivity contribution in [2.75, 3.05) is 11.9 Å². The molecule has 2 fully saturated rings. The first kappa shape index (κ1) is 19.9. The van der Waals surface area contributed by atoms with Crippen LogP contribution < -0.4 is 5.32 Å². The molecule has 0 spiro atoms. The number of halogens is 2. The van der Waals surface area contributed by atoms with Crippen LogP contribution in [-0.4, -0.2) is 60.1 Å². The van der Waals surface area contributed by atoms with Crippen LogP contribution >= 0.6 is 34.2 Å². The van der Waals surface area contributed by atoms with Crippen LogP contribution in [0.5, 0.6) is 0 Å². The van der Waals surface area contributed by atoms with E-state index in [1.54, 1.807) is 0 Å². The zero-order valence-corrected chi connectivity index (χ0v) is 18.1. The largest absolute Gasteiger partial charge is 0.479 e. The number of rotatable bonds is 5. The highest BCUT2D eigenvalue weighted by Crippen LogP contribution is 2.46. The van der Waals surface area contributed by atoms with E-state index < -0.39 is 30.0 Å². The monoisotopic (exact) mass is 543 g/mol. The molecule has 3 N–H and O–H groups in total. The van der Waals surface area contributed by atoms with E-state index in [1.807, 2.05) is 24.3 Å². The first-order valence-corrected chi connectivity index (χ1v) is 10.4. The van der Waals surface area contributed by atoms with Crippen LogP contribution in [0.1, 0.15) is 11.8 Å². The number of anilines is 1. The van der Waals surface area contributed by atoms with E-state index in [9.17, 15) is 15.0 Å². The van der Waals surface area contributed by atoms with Gasteiger partial charge in [-0.25, -0.2) is 9.78 Å². The number of imidazole rings is 1. The van der Waals surface area contributed by atoms with E-state index in [4.69, 9.17) is 21.1 Å². The molecule has 2 saturated heterocycles. The Bertz CT molecular complexity index is 1160. The number of hydrogen-bond acceptors (Lipinski definition) is 8. The molecular formula is C18H15ClIN5O5. The molecule has 2 aliphatic rings. The minimum atomic E-state index is -1.81. The van der Waals surface area contributed by atoms with Crippen LogP contribution in [0.25, 0.3) is 11.2 Å². The predicted molar refractivity (Wildman–Crippen MR) is 113 cm³/mol. The van der Waals surface area contributed by atoms with E-state index in [2.05, 4.69) is 42.9 Å². The summed E-state index contributed by atoms with van der Waals surface area (Å²) in [6.07, 6.45) is -1.64.